The van der Waals surface area contributed by atoms with Gasteiger partial charge in [-0.3, -0.25) is 15.0 Å². The van der Waals surface area contributed by atoms with Gasteiger partial charge in [-0.1, -0.05) is 0 Å². The van der Waals surface area contributed by atoms with Gasteiger partial charge >= 0.3 is 0 Å². The number of nitrogens with zero attached hydrogens (tertiary/aromatic N) is 5. The number of furan rings is 1. The van der Waals surface area contributed by atoms with Gasteiger partial charge in [0, 0.05) is 50.7 Å². The number of aromatic nitrogens is 4. The van der Waals surface area contributed by atoms with Crippen LogP contribution in [0.2, 0.25) is 0 Å². The molecule has 0 aliphatic carbocycles. The molecule has 0 unspecified atom stereocenters. The quantitative estimate of drug-likeness (QED) is 0.787. The van der Waals surface area contributed by atoms with Crippen LogP contribution in [0.4, 0.5) is 5.82 Å². The summed E-state index contributed by atoms with van der Waals surface area (Å²) in [5.41, 5.74) is 3.13. The molecule has 1 saturated heterocycles. The molecule has 3 aromatic heterocycles. The van der Waals surface area contributed by atoms with Crippen LogP contribution in [0.5, 0.6) is 0 Å². The summed E-state index contributed by atoms with van der Waals surface area (Å²) in [5.74, 6) is 2.75. The average Bonchev–Trinajstić information content (AvgIpc) is 3.25. The van der Waals surface area contributed by atoms with Crippen LogP contribution >= 0.6 is 0 Å². The number of piperazine rings is 1. The number of rotatable bonds is 4. The first-order valence-electron chi connectivity index (χ1n) is 8.54. The summed E-state index contributed by atoms with van der Waals surface area (Å²) in [6.45, 7) is 8.69. The Morgan fingerprint density at radius 3 is 2.60 bits per heavy atom. The van der Waals surface area contributed by atoms with Gasteiger partial charge in [0.1, 0.15) is 17.3 Å². The predicted octanol–water partition coefficient (Wildman–Crippen LogP) is 2.40. The number of nitrogens with one attached hydrogen (secondary N) is 1. The minimum atomic E-state index is 0.846. The number of aromatic amines is 1. The zero-order valence-corrected chi connectivity index (χ0v) is 14.6. The molecule has 4 heterocycles. The van der Waals surface area contributed by atoms with Crippen molar-refractivity contribution in [1.82, 2.24) is 25.1 Å². The molecule has 1 N–H and O–H groups in total. The van der Waals surface area contributed by atoms with Gasteiger partial charge in [0.2, 0.25) is 0 Å². The molecule has 25 heavy (non-hydrogen) atoms. The van der Waals surface area contributed by atoms with E-state index in [0.29, 0.717) is 0 Å². The largest absolute Gasteiger partial charge is 0.460 e. The first-order chi connectivity index (χ1) is 12.2. The topological polar surface area (TPSA) is 74.1 Å². The molecule has 0 spiro atoms. The summed E-state index contributed by atoms with van der Waals surface area (Å²) in [7, 11) is 0. The van der Waals surface area contributed by atoms with Gasteiger partial charge in [-0.2, -0.15) is 5.10 Å². The molecular formula is C18H22N6O. The predicted molar refractivity (Wildman–Crippen MR) is 95.3 cm³/mol. The third-order valence-electron chi connectivity index (χ3n) is 4.63. The fourth-order valence-electron chi connectivity index (χ4n) is 3.28. The van der Waals surface area contributed by atoms with Gasteiger partial charge in [0.05, 0.1) is 11.9 Å². The third-order valence-corrected chi connectivity index (χ3v) is 4.63. The van der Waals surface area contributed by atoms with Crippen LogP contribution in [-0.2, 0) is 6.54 Å². The average molecular weight is 338 g/mol. The summed E-state index contributed by atoms with van der Waals surface area (Å²) >= 11 is 0. The smallest absolute Gasteiger partial charge is 0.152 e. The maximum atomic E-state index is 5.73. The molecule has 1 aliphatic rings. The van der Waals surface area contributed by atoms with E-state index in [-0.39, 0.29) is 0 Å². The number of anilines is 1. The molecule has 0 radical (unpaired) electrons. The molecule has 130 valence electrons. The highest BCUT2D eigenvalue weighted by molar-refractivity contribution is 5.56. The molecule has 0 bridgehead atoms. The van der Waals surface area contributed by atoms with E-state index in [1.165, 1.54) is 5.56 Å². The Kier molecular flexibility index (Phi) is 4.23. The lowest BCUT2D eigenvalue weighted by atomic mass is 10.2. The lowest BCUT2D eigenvalue weighted by molar-refractivity contribution is 0.249. The van der Waals surface area contributed by atoms with Crippen LogP contribution < -0.4 is 4.90 Å². The van der Waals surface area contributed by atoms with Crippen LogP contribution in [0, 0.1) is 13.8 Å². The Morgan fingerprint density at radius 1 is 1.08 bits per heavy atom. The number of hydrogen-bond donors (Lipinski definition) is 1. The van der Waals surface area contributed by atoms with Gasteiger partial charge < -0.3 is 9.32 Å². The summed E-state index contributed by atoms with van der Waals surface area (Å²) in [5, 5.41) is 7.28. The Hall–Kier alpha value is -2.67. The van der Waals surface area contributed by atoms with Crippen molar-refractivity contribution >= 4 is 5.82 Å². The number of hydrogen-bond acceptors (Lipinski definition) is 6. The zero-order valence-electron chi connectivity index (χ0n) is 14.6. The third kappa shape index (κ3) is 3.28. The lowest BCUT2D eigenvalue weighted by Crippen LogP contribution is -2.46. The second-order valence-electron chi connectivity index (χ2n) is 6.41. The van der Waals surface area contributed by atoms with Gasteiger partial charge in [-0.15, -0.1) is 0 Å². The Balaban J connectivity index is 1.41. The summed E-state index contributed by atoms with van der Waals surface area (Å²) in [6, 6.07) is 3.96. The van der Waals surface area contributed by atoms with E-state index in [2.05, 4.69) is 30.0 Å². The van der Waals surface area contributed by atoms with E-state index in [1.54, 1.807) is 12.4 Å². The molecule has 7 nitrogen and oxygen atoms in total. The molecule has 0 amide bonds. The molecule has 0 atom stereocenters. The Bertz CT molecular complexity index is 847. The van der Waals surface area contributed by atoms with E-state index in [4.69, 9.17) is 4.42 Å². The van der Waals surface area contributed by atoms with Crippen LogP contribution in [0.25, 0.3) is 11.5 Å². The molecule has 0 aromatic carbocycles. The van der Waals surface area contributed by atoms with E-state index < -0.39 is 0 Å². The van der Waals surface area contributed by atoms with Gasteiger partial charge in [0.15, 0.2) is 5.76 Å². The van der Waals surface area contributed by atoms with Crippen molar-refractivity contribution in [2.24, 2.45) is 0 Å². The second-order valence-corrected chi connectivity index (χ2v) is 6.41. The monoisotopic (exact) mass is 338 g/mol. The highest BCUT2D eigenvalue weighted by Gasteiger charge is 2.21. The molecule has 0 saturated carbocycles. The SMILES string of the molecule is Cc1ccc(-c2[nH]ncc2CN2CCN(c3nccnc3C)CC2)o1. The molecule has 4 rings (SSSR count). The molecule has 7 heteroatoms. The highest BCUT2D eigenvalue weighted by Crippen LogP contribution is 2.25. The minimum Gasteiger partial charge on any atom is -0.460 e. The standard InChI is InChI=1S/C18H22N6O/c1-13-3-4-16(25-13)17-15(11-21-22-17)12-23-7-9-24(10-8-23)18-14(2)19-5-6-20-18/h3-6,11H,7-10,12H2,1-2H3,(H,21,22). The second kappa shape index (κ2) is 6.68. The van der Waals surface area contributed by atoms with Crippen molar-refractivity contribution in [3.05, 3.63) is 47.7 Å². The fraction of sp³-hybridized carbons (Fsp3) is 0.389. The summed E-state index contributed by atoms with van der Waals surface area (Å²) in [4.78, 5) is 13.6. The maximum absolute atomic E-state index is 5.73. The van der Waals surface area contributed by atoms with E-state index in [9.17, 15) is 0 Å². The Morgan fingerprint density at radius 2 is 1.88 bits per heavy atom. The summed E-state index contributed by atoms with van der Waals surface area (Å²) < 4.78 is 5.73. The molecule has 1 aliphatic heterocycles. The van der Waals surface area contributed by atoms with Crippen LogP contribution in [0.1, 0.15) is 17.0 Å². The molecule has 1 fully saturated rings. The highest BCUT2D eigenvalue weighted by atomic mass is 16.3. The van der Waals surface area contributed by atoms with Crippen molar-refractivity contribution < 1.29 is 4.42 Å². The van der Waals surface area contributed by atoms with E-state index in [0.717, 1.165) is 61.4 Å². The fourth-order valence-corrected chi connectivity index (χ4v) is 3.28. The summed E-state index contributed by atoms with van der Waals surface area (Å²) in [6.07, 6.45) is 5.40. The van der Waals surface area contributed by atoms with Gasteiger partial charge in [-0.25, -0.2) is 4.98 Å². The maximum Gasteiger partial charge on any atom is 0.152 e. The van der Waals surface area contributed by atoms with Crippen molar-refractivity contribution in [1.29, 1.82) is 0 Å². The van der Waals surface area contributed by atoms with Crippen molar-refractivity contribution in [2.45, 2.75) is 20.4 Å². The number of aryl methyl sites for hydroxylation is 2. The van der Waals surface area contributed by atoms with Crippen LogP contribution in [0.15, 0.2) is 35.1 Å². The van der Waals surface area contributed by atoms with Crippen molar-refractivity contribution in [3.8, 4) is 11.5 Å². The first kappa shape index (κ1) is 15.8. The van der Waals surface area contributed by atoms with Gasteiger partial charge in [0.25, 0.3) is 0 Å². The lowest BCUT2D eigenvalue weighted by Gasteiger charge is -2.35. The minimum absolute atomic E-state index is 0.846. The van der Waals surface area contributed by atoms with E-state index >= 15 is 0 Å². The van der Waals surface area contributed by atoms with Gasteiger partial charge in [-0.05, 0) is 26.0 Å². The van der Waals surface area contributed by atoms with E-state index in [1.807, 2.05) is 32.2 Å². The molecule has 3 aromatic rings. The van der Waals surface area contributed by atoms with Crippen molar-refractivity contribution in [3.63, 3.8) is 0 Å². The first-order valence-corrected chi connectivity index (χ1v) is 8.54. The van der Waals surface area contributed by atoms with Crippen LogP contribution in [-0.4, -0.2) is 51.2 Å². The van der Waals surface area contributed by atoms with Crippen molar-refractivity contribution in [2.75, 3.05) is 31.1 Å². The zero-order chi connectivity index (χ0) is 17.2. The number of H-pyrrole nitrogens is 1. The van der Waals surface area contributed by atoms with Crippen LogP contribution in [0.3, 0.4) is 0 Å². The normalized spacial score (nSPS) is 15.7. The molecular weight excluding hydrogens is 316 g/mol. The Labute approximate surface area is 146 Å².